The Kier molecular flexibility index (Phi) is 7.14. The highest BCUT2D eigenvalue weighted by Gasteiger charge is 2.45. The van der Waals surface area contributed by atoms with Crippen molar-refractivity contribution in [1.82, 2.24) is 20.4 Å². The van der Waals surface area contributed by atoms with Crippen molar-refractivity contribution in [2.45, 2.75) is 102 Å². The van der Waals surface area contributed by atoms with Crippen molar-refractivity contribution in [3.8, 4) is 0 Å². The third-order valence-corrected chi connectivity index (χ3v) is 6.25. The van der Waals surface area contributed by atoms with Crippen LogP contribution < -0.4 is 10.6 Å². The van der Waals surface area contributed by atoms with Crippen LogP contribution in [0.15, 0.2) is 4.99 Å². The van der Waals surface area contributed by atoms with Gasteiger partial charge in [-0.3, -0.25) is 4.79 Å². The first kappa shape index (κ1) is 22.7. The first-order valence-electron chi connectivity index (χ1n) is 11.4. The van der Waals surface area contributed by atoms with Crippen molar-refractivity contribution < 1.29 is 14.3 Å². The molecule has 0 aromatic rings. The van der Waals surface area contributed by atoms with E-state index in [1.807, 2.05) is 25.7 Å². The normalized spacial score (nSPS) is 27.2. The molecular formula is C22H39N5O3. The minimum absolute atomic E-state index is 0.0117. The molecule has 30 heavy (non-hydrogen) atoms. The summed E-state index contributed by atoms with van der Waals surface area (Å²) < 4.78 is 5.64. The Morgan fingerprint density at radius 3 is 2.10 bits per heavy atom. The van der Waals surface area contributed by atoms with Gasteiger partial charge in [0.1, 0.15) is 12.1 Å². The van der Waals surface area contributed by atoms with Crippen LogP contribution in [0, 0.1) is 0 Å². The maximum atomic E-state index is 12.7. The van der Waals surface area contributed by atoms with Gasteiger partial charge in [-0.15, -0.1) is 0 Å². The molecule has 0 aromatic carbocycles. The van der Waals surface area contributed by atoms with Gasteiger partial charge in [-0.05, 0) is 59.3 Å². The van der Waals surface area contributed by atoms with Gasteiger partial charge in [-0.25, -0.2) is 9.79 Å². The van der Waals surface area contributed by atoms with Crippen LogP contribution in [0.3, 0.4) is 0 Å². The molecule has 0 spiro atoms. The predicted molar refractivity (Wildman–Crippen MR) is 117 cm³/mol. The quantitative estimate of drug-likeness (QED) is 0.538. The van der Waals surface area contributed by atoms with Gasteiger partial charge in [0.15, 0.2) is 5.96 Å². The number of carbonyl (C=O) groups is 2. The van der Waals surface area contributed by atoms with Crippen LogP contribution in [-0.2, 0) is 9.53 Å². The molecule has 0 radical (unpaired) electrons. The Labute approximate surface area is 180 Å². The predicted octanol–water partition coefficient (Wildman–Crippen LogP) is 2.48. The number of nitrogens with zero attached hydrogens (tertiary/aromatic N) is 3. The highest BCUT2D eigenvalue weighted by atomic mass is 16.6. The lowest BCUT2D eigenvalue weighted by molar-refractivity contribution is -0.127. The summed E-state index contributed by atoms with van der Waals surface area (Å²) in [6.07, 6.45) is 8.36. The zero-order valence-corrected chi connectivity index (χ0v) is 19.2. The third-order valence-electron chi connectivity index (χ3n) is 6.25. The molecule has 3 fully saturated rings. The second-order valence-electron chi connectivity index (χ2n) is 10.2. The summed E-state index contributed by atoms with van der Waals surface area (Å²) in [5.41, 5.74) is -0.477. The van der Waals surface area contributed by atoms with Crippen molar-refractivity contribution in [1.29, 1.82) is 0 Å². The molecule has 2 atom stereocenters. The topological polar surface area (TPSA) is 86.3 Å². The smallest absolute Gasteiger partial charge is 0.410 e. The summed E-state index contributed by atoms with van der Waals surface area (Å²) in [6.45, 7) is 5.87. The Bertz CT molecular complexity index is 638. The van der Waals surface area contributed by atoms with Gasteiger partial charge in [0, 0.05) is 38.3 Å². The molecule has 1 saturated carbocycles. The Balaban J connectivity index is 1.62. The molecule has 2 amide bonds. The third kappa shape index (κ3) is 6.01. The van der Waals surface area contributed by atoms with Gasteiger partial charge in [-0.2, -0.15) is 0 Å². The second-order valence-corrected chi connectivity index (χ2v) is 10.2. The molecule has 2 saturated heterocycles. The SMILES string of the molecule is CN(C)C(=O)CN=C(NC1CCCC1)NC1CC2CCC(C1)N2C(=O)OC(C)(C)C. The van der Waals surface area contributed by atoms with Crippen LogP contribution in [0.25, 0.3) is 0 Å². The molecule has 3 rings (SSSR count). The van der Waals surface area contributed by atoms with E-state index >= 15 is 0 Å². The standard InChI is InChI=1S/C22H39N5O3/c1-22(2,3)30-21(29)27-17-10-11-18(27)13-16(12-17)25-20(23-14-19(28)26(4)5)24-15-8-6-7-9-15/h15-18H,6-14H2,1-5H3,(H2,23,24,25). The van der Waals surface area contributed by atoms with Gasteiger partial charge >= 0.3 is 6.09 Å². The van der Waals surface area contributed by atoms with Crippen molar-refractivity contribution in [2.75, 3.05) is 20.6 Å². The molecule has 1 aliphatic carbocycles. The summed E-state index contributed by atoms with van der Waals surface area (Å²) >= 11 is 0. The maximum absolute atomic E-state index is 12.7. The summed E-state index contributed by atoms with van der Waals surface area (Å²) in [6, 6.07) is 1.06. The molecule has 2 N–H and O–H groups in total. The van der Waals surface area contributed by atoms with Crippen LogP contribution in [0.4, 0.5) is 4.79 Å². The van der Waals surface area contributed by atoms with Crippen LogP contribution in [0.2, 0.25) is 0 Å². The number of fused-ring (bicyclic) bond motifs is 2. The van der Waals surface area contributed by atoms with Crippen molar-refractivity contribution in [3.05, 3.63) is 0 Å². The van der Waals surface area contributed by atoms with Crippen LogP contribution in [0.5, 0.6) is 0 Å². The van der Waals surface area contributed by atoms with E-state index in [4.69, 9.17) is 4.74 Å². The monoisotopic (exact) mass is 421 g/mol. The van der Waals surface area contributed by atoms with Gasteiger partial charge < -0.3 is 25.2 Å². The maximum Gasteiger partial charge on any atom is 0.410 e. The summed E-state index contributed by atoms with van der Waals surface area (Å²) in [5, 5.41) is 7.11. The number of nitrogens with one attached hydrogen (secondary N) is 2. The number of aliphatic imine (C=N–C) groups is 1. The fourth-order valence-electron chi connectivity index (χ4n) is 4.79. The highest BCUT2D eigenvalue weighted by Crippen LogP contribution is 2.36. The second kappa shape index (κ2) is 9.43. The zero-order valence-electron chi connectivity index (χ0n) is 19.2. The number of ether oxygens (including phenoxy) is 1. The number of hydrogen-bond acceptors (Lipinski definition) is 4. The van der Waals surface area contributed by atoms with Gasteiger partial charge in [-0.1, -0.05) is 12.8 Å². The number of hydrogen-bond donors (Lipinski definition) is 2. The van der Waals surface area contributed by atoms with Crippen LogP contribution in [-0.4, -0.2) is 78.2 Å². The lowest BCUT2D eigenvalue weighted by atomic mass is 9.98. The van der Waals surface area contributed by atoms with Gasteiger partial charge in [0.05, 0.1) is 0 Å². The number of rotatable bonds is 4. The fraction of sp³-hybridized carbons (Fsp3) is 0.864. The first-order chi connectivity index (χ1) is 14.1. The first-order valence-corrected chi connectivity index (χ1v) is 11.4. The van der Waals surface area contributed by atoms with Crippen molar-refractivity contribution in [3.63, 3.8) is 0 Å². The fourth-order valence-corrected chi connectivity index (χ4v) is 4.79. The Morgan fingerprint density at radius 1 is 1.00 bits per heavy atom. The molecular weight excluding hydrogens is 382 g/mol. The molecule has 2 unspecified atom stereocenters. The summed E-state index contributed by atoms with van der Waals surface area (Å²) in [4.78, 5) is 32.8. The molecule has 3 aliphatic rings. The van der Waals surface area contributed by atoms with Crippen LogP contribution in [0.1, 0.15) is 72.1 Å². The molecule has 8 nitrogen and oxygen atoms in total. The van der Waals surface area contributed by atoms with E-state index in [0.717, 1.165) is 44.5 Å². The lowest BCUT2D eigenvalue weighted by Gasteiger charge is -2.40. The Hall–Kier alpha value is -1.99. The van der Waals surface area contributed by atoms with E-state index in [1.165, 1.54) is 12.8 Å². The molecule has 8 heteroatoms. The Morgan fingerprint density at radius 2 is 1.57 bits per heavy atom. The molecule has 2 bridgehead atoms. The van der Waals surface area contributed by atoms with Gasteiger partial charge in [0.2, 0.25) is 5.91 Å². The molecule has 0 aromatic heterocycles. The average Bonchev–Trinajstić information content (AvgIpc) is 3.24. The number of carbonyl (C=O) groups excluding carboxylic acids is 2. The average molecular weight is 422 g/mol. The number of guanidine groups is 1. The van der Waals surface area contributed by atoms with E-state index in [2.05, 4.69) is 15.6 Å². The minimum atomic E-state index is -0.477. The van der Waals surface area contributed by atoms with E-state index in [1.54, 1.807) is 19.0 Å². The number of piperidine rings is 1. The minimum Gasteiger partial charge on any atom is -0.444 e. The van der Waals surface area contributed by atoms with Crippen LogP contribution >= 0.6 is 0 Å². The van der Waals surface area contributed by atoms with Gasteiger partial charge in [0.25, 0.3) is 0 Å². The molecule has 2 heterocycles. The number of likely N-dealkylation sites (N-methyl/N-ethyl adjacent to an activating group) is 1. The van der Waals surface area contributed by atoms with E-state index in [-0.39, 0.29) is 36.7 Å². The van der Waals surface area contributed by atoms with E-state index in [9.17, 15) is 9.59 Å². The van der Waals surface area contributed by atoms with Crippen molar-refractivity contribution in [2.24, 2.45) is 4.99 Å². The van der Waals surface area contributed by atoms with Crippen molar-refractivity contribution >= 4 is 18.0 Å². The largest absolute Gasteiger partial charge is 0.444 e. The summed E-state index contributed by atoms with van der Waals surface area (Å²) in [7, 11) is 3.50. The van der Waals surface area contributed by atoms with E-state index in [0.29, 0.717) is 6.04 Å². The molecule has 2 aliphatic heterocycles. The summed E-state index contributed by atoms with van der Waals surface area (Å²) in [5.74, 6) is 0.717. The number of amides is 2. The van der Waals surface area contributed by atoms with E-state index < -0.39 is 5.60 Å². The highest BCUT2D eigenvalue weighted by molar-refractivity contribution is 5.85. The zero-order chi connectivity index (χ0) is 21.9. The lowest BCUT2D eigenvalue weighted by Crippen LogP contribution is -2.55. The molecule has 170 valence electrons.